The summed E-state index contributed by atoms with van der Waals surface area (Å²) in [5, 5.41) is 3.05. The molecular formula is C20H22ClFN2O3. The first-order chi connectivity index (χ1) is 13.0. The Hall–Kier alpha value is -2.60. The third kappa shape index (κ3) is 5.69. The second-order valence-corrected chi connectivity index (χ2v) is 6.27. The van der Waals surface area contributed by atoms with E-state index in [-0.39, 0.29) is 37.1 Å². The molecule has 0 aromatic heterocycles. The Labute approximate surface area is 163 Å². The molecule has 0 atom stereocenters. The summed E-state index contributed by atoms with van der Waals surface area (Å²) in [6.45, 7) is 2.80. The van der Waals surface area contributed by atoms with Crippen molar-refractivity contribution in [3.8, 4) is 5.75 Å². The summed E-state index contributed by atoms with van der Waals surface area (Å²) >= 11 is 5.98. The molecule has 0 aliphatic rings. The first-order valence-electron chi connectivity index (χ1n) is 8.59. The van der Waals surface area contributed by atoms with Crippen LogP contribution in [-0.2, 0) is 11.3 Å². The van der Waals surface area contributed by atoms with Crippen LogP contribution in [0, 0.1) is 5.82 Å². The van der Waals surface area contributed by atoms with Crippen LogP contribution < -0.4 is 10.1 Å². The molecule has 5 nitrogen and oxygen atoms in total. The van der Waals surface area contributed by atoms with Gasteiger partial charge in [0.1, 0.15) is 0 Å². The van der Waals surface area contributed by atoms with Crippen LogP contribution in [-0.4, -0.2) is 36.9 Å². The van der Waals surface area contributed by atoms with Gasteiger partial charge in [-0.15, -0.1) is 0 Å². The molecule has 27 heavy (non-hydrogen) atoms. The number of amides is 2. The molecule has 0 spiro atoms. The fourth-order valence-electron chi connectivity index (χ4n) is 2.59. The molecule has 0 saturated heterocycles. The number of nitrogens with one attached hydrogen (secondary N) is 1. The standard InChI is InChI=1S/C20H22ClFN2O3/c1-3-24(13-14-8-9-18(27-2)17(22)12-14)19(25)10-11-23-20(26)15-6-4-5-7-16(15)21/h4-9,12H,3,10-11,13H2,1-2H3,(H,23,26). The summed E-state index contributed by atoms with van der Waals surface area (Å²) in [4.78, 5) is 26.1. The highest BCUT2D eigenvalue weighted by Crippen LogP contribution is 2.19. The highest BCUT2D eigenvalue weighted by Gasteiger charge is 2.15. The minimum absolute atomic E-state index is 0.131. The van der Waals surface area contributed by atoms with Crippen molar-refractivity contribution in [3.05, 3.63) is 64.4 Å². The van der Waals surface area contributed by atoms with Crippen molar-refractivity contribution in [3.63, 3.8) is 0 Å². The molecule has 0 radical (unpaired) electrons. The summed E-state index contributed by atoms with van der Waals surface area (Å²) in [6, 6.07) is 11.3. The second-order valence-electron chi connectivity index (χ2n) is 5.86. The average molecular weight is 393 g/mol. The fraction of sp³-hybridized carbons (Fsp3) is 0.300. The Morgan fingerprint density at radius 1 is 1.22 bits per heavy atom. The lowest BCUT2D eigenvalue weighted by atomic mass is 10.2. The van der Waals surface area contributed by atoms with Crippen LogP contribution in [0.3, 0.4) is 0 Å². The maximum atomic E-state index is 13.8. The van der Waals surface area contributed by atoms with Crippen molar-refractivity contribution in [2.45, 2.75) is 19.9 Å². The van der Waals surface area contributed by atoms with Gasteiger partial charge in [-0.05, 0) is 36.8 Å². The van der Waals surface area contributed by atoms with Gasteiger partial charge >= 0.3 is 0 Å². The van der Waals surface area contributed by atoms with Gasteiger partial charge < -0.3 is 15.0 Å². The predicted molar refractivity (Wildman–Crippen MR) is 102 cm³/mol. The smallest absolute Gasteiger partial charge is 0.252 e. The van der Waals surface area contributed by atoms with Crippen LogP contribution in [0.15, 0.2) is 42.5 Å². The zero-order valence-corrected chi connectivity index (χ0v) is 16.1. The van der Waals surface area contributed by atoms with Gasteiger partial charge in [0.2, 0.25) is 5.91 Å². The number of benzene rings is 2. The molecular weight excluding hydrogens is 371 g/mol. The van der Waals surface area contributed by atoms with E-state index in [1.165, 1.54) is 19.2 Å². The van der Waals surface area contributed by atoms with Crippen LogP contribution in [0.2, 0.25) is 5.02 Å². The van der Waals surface area contributed by atoms with E-state index in [0.29, 0.717) is 22.7 Å². The van der Waals surface area contributed by atoms with Crippen molar-refractivity contribution in [2.24, 2.45) is 0 Å². The molecule has 1 N–H and O–H groups in total. The zero-order chi connectivity index (χ0) is 19.8. The molecule has 2 rings (SSSR count). The SMILES string of the molecule is CCN(Cc1ccc(OC)c(F)c1)C(=O)CCNC(=O)c1ccccc1Cl. The predicted octanol–water partition coefficient (Wildman–Crippen LogP) is 3.66. The lowest BCUT2D eigenvalue weighted by Crippen LogP contribution is -2.34. The molecule has 7 heteroatoms. The fourth-order valence-corrected chi connectivity index (χ4v) is 2.81. The molecule has 0 aliphatic heterocycles. The number of hydrogen-bond acceptors (Lipinski definition) is 3. The van der Waals surface area contributed by atoms with Gasteiger partial charge in [-0.3, -0.25) is 9.59 Å². The van der Waals surface area contributed by atoms with Gasteiger partial charge in [0.05, 0.1) is 17.7 Å². The van der Waals surface area contributed by atoms with E-state index in [9.17, 15) is 14.0 Å². The topological polar surface area (TPSA) is 58.6 Å². The van der Waals surface area contributed by atoms with Gasteiger partial charge in [-0.2, -0.15) is 0 Å². The molecule has 0 saturated carbocycles. The third-order valence-corrected chi connectivity index (χ3v) is 4.40. The third-order valence-electron chi connectivity index (χ3n) is 4.07. The largest absolute Gasteiger partial charge is 0.494 e. The Morgan fingerprint density at radius 3 is 2.59 bits per heavy atom. The van der Waals surface area contributed by atoms with Crippen LogP contribution in [0.4, 0.5) is 4.39 Å². The normalized spacial score (nSPS) is 10.4. The van der Waals surface area contributed by atoms with E-state index < -0.39 is 5.82 Å². The molecule has 2 amide bonds. The number of rotatable bonds is 8. The first-order valence-corrected chi connectivity index (χ1v) is 8.97. The summed E-state index contributed by atoms with van der Waals surface area (Å²) in [5.41, 5.74) is 1.04. The molecule has 0 aliphatic carbocycles. The van der Waals surface area contributed by atoms with E-state index in [2.05, 4.69) is 5.32 Å². The van der Waals surface area contributed by atoms with Crippen molar-refractivity contribution in [1.82, 2.24) is 10.2 Å². The number of ether oxygens (including phenoxy) is 1. The summed E-state index contributed by atoms with van der Waals surface area (Å²) in [5.74, 6) is -0.761. The van der Waals surface area contributed by atoms with Crippen molar-refractivity contribution < 1.29 is 18.7 Å². The molecule has 0 unspecified atom stereocenters. The van der Waals surface area contributed by atoms with Gasteiger partial charge in [-0.1, -0.05) is 29.8 Å². The maximum Gasteiger partial charge on any atom is 0.252 e. The van der Waals surface area contributed by atoms with Crippen molar-refractivity contribution >= 4 is 23.4 Å². The monoisotopic (exact) mass is 392 g/mol. The Kier molecular flexibility index (Phi) is 7.61. The maximum absolute atomic E-state index is 13.8. The Balaban J connectivity index is 1.88. The number of hydrogen-bond donors (Lipinski definition) is 1. The summed E-state index contributed by atoms with van der Waals surface area (Å²) < 4.78 is 18.7. The number of carbonyl (C=O) groups is 2. The number of methoxy groups -OCH3 is 1. The number of carbonyl (C=O) groups excluding carboxylic acids is 2. The first kappa shape index (κ1) is 20.7. The van der Waals surface area contributed by atoms with Gasteiger partial charge in [0.15, 0.2) is 11.6 Å². The lowest BCUT2D eigenvalue weighted by Gasteiger charge is -2.21. The van der Waals surface area contributed by atoms with Crippen LogP contribution >= 0.6 is 11.6 Å². The van der Waals surface area contributed by atoms with Gasteiger partial charge in [0.25, 0.3) is 5.91 Å². The number of halogens is 2. The highest BCUT2D eigenvalue weighted by molar-refractivity contribution is 6.33. The molecule has 144 valence electrons. The van der Waals surface area contributed by atoms with Crippen LogP contribution in [0.1, 0.15) is 29.3 Å². The molecule has 0 heterocycles. The van der Waals surface area contributed by atoms with E-state index in [4.69, 9.17) is 16.3 Å². The molecule has 2 aromatic rings. The van der Waals surface area contributed by atoms with Crippen LogP contribution in [0.5, 0.6) is 5.75 Å². The summed E-state index contributed by atoms with van der Waals surface area (Å²) in [6.07, 6.45) is 0.142. The Morgan fingerprint density at radius 2 is 1.96 bits per heavy atom. The van der Waals surface area contributed by atoms with Gasteiger partial charge in [-0.25, -0.2) is 4.39 Å². The van der Waals surface area contributed by atoms with Crippen molar-refractivity contribution in [2.75, 3.05) is 20.2 Å². The van der Waals surface area contributed by atoms with Crippen molar-refractivity contribution in [1.29, 1.82) is 0 Å². The van der Waals surface area contributed by atoms with E-state index in [1.54, 1.807) is 35.2 Å². The molecule has 0 bridgehead atoms. The lowest BCUT2D eigenvalue weighted by molar-refractivity contribution is -0.131. The van der Waals surface area contributed by atoms with E-state index in [1.807, 2.05) is 6.92 Å². The molecule has 0 fully saturated rings. The average Bonchev–Trinajstić information content (AvgIpc) is 2.66. The number of nitrogens with zero attached hydrogens (tertiary/aromatic N) is 1. The Bertz CT molecular complexity index is 814. The van der Waals surface area contributed by atoms with E-state index >= 15 is 0 Å². The van der Waals surface area contributed by atoms with E-state index in [0.717, 1.165) is 0 Å². The summed E-state index contributed by atoms with van der Waals surface area (Å²) in [7, 11) is 1.40. The van der Waals surface area contributed by atoms with Gasteiger partial charge in [0, 0.05) is 26.1 Å². The minimum Gasteiger partial charge on any atom is -0.494 e. The molecule has 2 aromatic carbocycles. The van der Waals surface area contributed by atoms with Crippen LogP contribution in [0.25, 0.3) is 0 Å². The quantitative estimate of drug-likeness (QED) is 0.745. The zero-order valence-electron chi connectivity index (χ0n) is 15.3. The highest BCUT2D eigenvalue weighted by atomic mass is 35.5. The minimum atomic E-state index is -0.467. The second kappa shape index (κ2) is 9.92.